The first-order chi connectivity index (χ1) is 12.3. The number of furan rings is 1. The Morgan fingerprint density at radius 3 is 1.40 bits per heavy atom. The highest BCUT2D eigenvalue weighted by Crippen LogP contribution is 2.20. The number of rotatable bonds is 6. The summed E-state index contributed by atoms with van der Waals surface area (Å²) in [6.07, 6.45) is 4.63. The van der Waals surface area contributed by atoms with Gasteiger partial charge in [-0.2, -0.15) is 0 Å². The molecule has 2 aromatic carbocycles. The summed E-state index contributed by atoms with van der Waals surface area (Å²) in [6.45, 7) is 0. The van der Waals surface area contributed by atoms with Crippen molar-refractivity contribution < 1.29 is 13.9 Å². The van der Waals surface area contributed by atoms with Gasteiger partial charge in [-0.05, 0) is 47.5 Å². The van der Waals surface area contributed by atoms with Crippen molar-refractivity contribution in [3.05, 3.63) is 83.3 Å². The molecule has 0 fully saturated rings. The minimum atomic E-state index is 0.523. The highest BCUT2D eigenvalue weighted by atomic mass is 16.5. The van der Waals surface area contributed by atoms with Crippen molar-refractivity contribution in [1.29, 1.82) is 10.5 Å². The fourth-order valence-corrected chi connectivity index (χ4v) is 2.47. The Labute approximate surface area is 145 Å². The molecule has 5 nitrogen and oxygen atoms in total. The van der Waals surface area contributed by atoms with E-state index in [9.17, 15) is 0 Å². The number of nitriles is 2. The molecule has 1 aromatic heterocycles. The van der Waals surface area contributed by atoms with Gasteiger partial charge >= 0.3 is 0 Å². The summed E-state index contributed by atoms with van der Waals surface area (Å²) in [6, 6.07) is 18.6. The summed E-state index contributed by atoms with van der Waals surface area (Å²) in [5.41, 5.74) is 2.15. The maximum atomic E-state index is 8.48. The first-order valence-electron chi connectivity index (χ1n) is 7.64. The normalized spacial score (nSPS) is 9.84. The first-order valence-corrected chi connectivity index (χ1v) is 7.64. The molecule has 0 bridgehead atoms. The standard InChI is InChI=1S/C20H14N2O3/c21-13-23-17-5-1-15(2-6-17)11-19-9-10-20(25-19)12-16-3-7-18(8-4-16)24-14-22/h1-10H,11-12H2. The van der Waals surface area contributed by atoms with Crippen molar-refractivity contribution in [2.75, 3.05) is 0 Å². The lowest BCUT2D eigenvalue weighted by atomic mass is 10.1. The molecule has 0 atom stereocenters. The van der Waals surface area contributed by atoms with Crippen LogP contribution in [0.1, 0.15) is 22.6 Å². The minimum absolute atomic E-state index is 0.523. The first kappa shape index (κ1) is 16.2. The number of hydrogen-bond acceptors (Lipinski definition) is 5. The molecular formula is C20H14N2O3. The van der Waals surface area contributed by atoms with E-state index in [0.717, 1.165) is 22.6 Å². The van der Waals surface area contributed by atoms with Gasteiger partial charge in [0.05, 0.1) is 0 Å². The predicted octanol–water partition coefficient (Wildman–Crippen LogP) is 4.18. The van der Waals surface area contributed by atoms with E-state index in [1.54, 1.807) is 36.8 Å². The second-order valence-corrected chi connectivity index (χ2v) is 5.40. The Kier molecular flexibility index (Phi) is 4.99. The molecule has 0 aliphatic carbocycles. The van der Waals surface area contributed by atoms with Gasteiger partial charge in [0.15, 0.2) is 0 Å². The second-order valence-electron chi connectivity index (χ2n) is 5.40. The maximum Gasteiger partial charge on any atom is 0.292 e. The van der Waals surface area contributed by atoms with E-state index in [2.05, 4.69) is 0 Å². The Hall–Kier alpha value is -3.70. The van der Waals surface area contributed by atoms with Gasteiger partial charge in [0.1, 0.15) is 23.0 Å². The Balaban J connectivity index is 1.62. The lowest BCUT2D eigenvalue weighted by molar-refractivity contribution is 0.481. The van der Waals surface area contributed by atoms with Crippen LogP contribution in [0, 0.1) is 23.0 Å². The largest absolute Gasteiger partial charge is 0.465 e. The second kappa shape index (κ2) is 7.72. The zero-order valence-electron chi connectivity index (χ0n) is 13.3. The molecule has 3 aromatic rings. The summed E-state index contributed by atoms with van der Waals surface area (Å²) in [5.74, 6) is 2.78. The molecule has 25 heavy (non-hydrogen) atoms. The fraction of sp³-hybridized carbons (Fsp3) is 0.100. The SMILES string of the molecule is N#COc1ccc(Cc2ccc(Cc3ccc(OC#N)cc3)o2)cc1. The highest BCUT2D eigenvalue weighted by Gasteiger charge is 2.06. The van der Waals surface area contributed by atoms with Gasteiger partial charge in [-0.3, -0.25) is 0 Å². The number of hydrogen-bond donors (Lipinski definition) is 0. The molecule has 0 radical (unpaired) electrons. The zero-order chi connectivity index (χ0) is 17.5. The van der Waals surface area contributed by atoms with E-state index in [0.29, 0.717) is 24.3 Å². The van der Waals surface area contributed by atoms with Gasteiger partial charge in [-0.15, -0.1) is 10.5 Å². The summed E-state index contributed by atoms with van der Waals surface area (Å²) in [7, 11) is 0. The third-order valence-electron chi connectivity index (χ3n) is 3.65. The van der Waals surface area contributed by atoms with Crippen molar-refractivity contribution in [3.8, 4) is 24.0 Å². The predicted molar refractivity (Wildman–Crippen MR) is 89.7 cm³/mol. The van der Waals surface area contributed by atoms with Crippen LogP contribution in [0.3, 0.4) is 0 Å². The molecule has 122 valence electrons. The van der Waals surface area contributed by atoms with Gasteiger partial charge in [-0.1, -0.05) is 24.3 Å². The van der Waals surface area contributed by atoms with Gasteiger partial charge in [0.25, 0.3) is 12.5 Å². The van der Waals surface area contributed by atoms with E-state index >= 15 is 0 Å². The summed E-state index contributed by atoms with van der Waals surface area (Å²) in [4.78, 5) is 0. The maximum absolute atomic E-state index is 8.48. The molecule has 0 amide bonds. The van der Waals surface area contributed by atoms with Crippen molar-refractivity contribution in [3.63, 3.8) is 0 Å². The van der Waals surface area contributed by atoms with Crippen LogP contribution in [0.5, 0.6) is 11.5 Å². The molecule has 0 saturated heterocycles. The average Bonchev–Trinajstić information content (AvgIpc) is 3.06. The van der Waals surface area contributed by atoms with E-state index < -0.39 is 0 Å². The molecule has 0 spiro atoms. The third kappa shape index (κ3) is 4.40. The molecule has 5 heteroatoms. The minimum Gasteiger partial charge on any atom is -0.465 e. The zero-order valence-corrected chi connectivity index (χ0v) is 13.3. The molecular weight excluding hydrogens is 316 g/mol. The number of ether oxygens (including phenoxy) is 2. The molecule has 3 rings (SSSR count). The third-order valence-corrected chi connectivity index (χ3v) is 3.65. The Bertz CT molecular complexity index is 837. The van der Waals surface area contributed by atoms with Crippen LogP contribution in [0.25, 0.3) is 0 Å². The molecule has 1 heterocycles. The Morgan fingerprint density at radius 1 is 0.640 bits per heavy atom. The van der Waals surface area contributed by atoms with Crippen molar-refractivity contribution >= 4 is 0 Å². The fourth-order valence-electron chi connectivity index (χ4n) is 2.47. The molecule has 0 N–H and O–H groups in total. The van der Waals surface area contributed by atoms with E-state index in [1.807, 2.05) is 36.4 Å². The smallest absolute Gasteiger partial charge is 0.292 e. The average molecular weight is 330 g/mol. The lowest BCUT2D eigenvalue weighted by Gasteiger charge is -2.02. The monoisotopic (exact) mass is 330 g/mol. The Morgan fingerprint density at radius 2 is 1.04 bits per heavy atom. The van der Waals surface area contributed by atoms with Crippen LogP contribution in [0.15, 0.2) is 65.1 Å². The van der Waals surface area contributed by atoms with Gasteiger partial charge < -0.3 is 13.9 Å². The number of nitrogens with zero attached hydrogens (tertiary/aromatic N) is 2. The topological polar surface area (TPSA) is 79.2 Å². The molecule has 0 unspecified atom stereocenters. The van der Waals surface area contributed by atoms with Crippen LogP contribution in [-0.2, 0) is 12.8 Å². The summed E-state index contributed by atoms with van der Waals surface area (Å²) < 4.78 is 15.4. The van der Waals surface area contributed by atoms with Gasteiger partial charge in [-0.25, -0.2) is 0 Å². The quantitative estimate of drug-likeness (QED) is 0.633. The van der Waals surface area contributed by atoms with Crippen LogP contribution in [-0.4, -0.2) is 0 Å². The van der Waals surface area contributed by atoms with Crippen molar-refractivity contribution in [2.24, 2.45) is 0 Å². The van der Waals surface area contributed by atoms with Gasteiger partial charge in [0.2, 0.25) is 0 Å². The van der Waals surface area contributed by atoms with Crippen molar-refractivity contribution in [2.45, 2.75) is 12.8 Å². The molecule has 0 saturated carbocycles. The summed E-state index contributed by atoms with van der Waals surface area (Å²) >= 11 is 0. The molecule has 0 aliphatic heterocycles. The van der Waals surface area contributed by atoms with E-state index in [-0.39, 0.29) is 0 Å². The van der Waals surface area contributed by atoms with E-state index in [4.69, 9.17) is 24.4 Å². The lowest BCUT2D eigenvalue weighted by Crippen LogP contribution is -1.88. The summed E-state index contributed by atoms with van der Waals surface area (Å²) in [5, 5.41) is 17.0. The van der Waals surface area contributed by atoms with Crippen LogP contribution in [0.4, 0.5) is 0 Å². The number of benzene rings is 2. The van der Waals surface area contributed by atoms with E-state index in [1.165, 1.54) is 0 Å². The van der Waals surface area contributed by atoms with Crippen LogP contribution in [0.2, 0.25) is 0 Å². The van der Waals surface area contributed by atoms with Crippen LogP contribution >= 0.6 is 0 Å². The molecule has 0 aliphatic rings. The van der Waals surface area contributed by atoms with Gasteiger partial charge in [0, 0.05) is 12.8 Å². The van der Waals surface area contributed by atoms with Crippen molar-refractivity contribution in [1.82, 2.24) is 0 Å². The van der Waals surface area contributed by atoms with Crippen LogP contribution < -0.4 is 9.47 Å². The highest BCUT2D eigenvalue weighted by molar-refractivity contribution is 5.32.